The molecule has 1 saturated heterocycles. The maximum atomic E-state index is 10.6. The second-order valence-electron chi connectivity index (χ2n) is 6.87. The first-order valence-corrected chi connectivity index (χ1v) is 9.07. The number of rotatable bonds is 5. The predicted molar refractivity (Wildman–Crippen MR) is 95.0 cm³/mol. The van der Waals surface area contributed by atoms with Gasteiger partial charge in [-0.3, -0.25) is 4.90 Å². The number of carboxylic acids is 1. The van der Waals surface area contributed by atoms with Gasteiger partial charge in [-0.2, -0.15) is 13.2 Å². The normalized spacial score (nSPS) is 25.0. The van der Waals surface area contributed by atoms with Gasteiger partial charge in [-0.05, 0) is 38.3 Å². The minimum atomic E-state index is -5.08. The summed E-state index contributed by atoms with van der Waals surface area (Å²) < 4.78 is 49.4. The molecule has 0 spiro atoms. The summed E-state index contributed by atoms with van der Waals surface area (Å²) in [6, 6.07) is 2.60. The quantitative estimate of drug-likeness (QED) is 0.757. The monoisotopic (exact) mass is 405 g/mol. The number of hydrogen-bond acceptors (Lipinski definition) is 5. The number of aryl methyl sites for hydroxylation is 2. The molecule has 0 unspecified atom stereocenters. The van der Waals surface area contributed by atoms with Crippen LogP contribution in [0.4, 0.5) is 13.2 Å². The van der Waals surface area contributed by atoms with E-state index in [1.807, 2.05) is 13.0 Å². The minimum Gasteiger partial charge on any atom is -0.475 e. The van der Waals surface area contributed by atoms with Crippen LogP contribution in [-0.2, 0) is 20.8 Å². The first-order valence-electron chi connectivity index (χ1n) is 9.07. The molecule has 2 fully saturated rings. The number of aliphatic carboxylic acids is 1. The van der Waals surface area contributed by atoms with E-state index in [1.165, 1.54) is 5.56 Å². The van der Waals surface area contributed by atoms with Crippen molar-refractivity contribution in [1.29, 1.82) is 0 Å². The number of nitrogens with zero attached hydrogens (tertiary/aromatic N) is 1. The van der Waals surface area contributed by atoms with Crippen molar-refractivity contribution in [1.82, 2.24) is 4.90 Å². The maximum Gasteiger partial charge on any atom is 0.490 e. The number of furan rings is 1. The molecule has 9 heteroatoms. The van der Waals surface area contributed by atoms with Crippen LogP contribution in [0.3, 0.4) is 0 Å². The number of carbonyl (C=O) groups is 1. The molecule has 0 aromatic carbocycles. The summed E-state index contributed by atoms with van der Waals surface area (Å²) in [6.07, 6.45) is -0.685. The molecule has 1 saturated carbocycles. The van der Waals surface area contributed by atoms with E-state index in [-0.39, 0.29) is 12.2 Å². The van der Waals surface area contributed by atoms with Gasteiger partial charge in [0.05, 0.1) is 32.0 Å². The van der Waals surface area contributed by atoms with Crippen LogP contribution >= 0.6 is 0 Å². The topological polar surface area (TPSA) is 72.1 Å². The van der Waals surface area contributed by atoms with E-state index in [4.69, 9.17) is 23.8 Å². The lowest BCUT2D eigenvalue weighted by Gasteiger charge is -2.38. The van der Waals surface area contributed by atoms with Crippen LogP contribution in [-0.4, -0.2) is 60.2 Å². The summed E-state index contributed by atoms with van der Waals surface area (Å²) in [6.45, 7) is 11.0. The largest absolute Gasteiger partial charge is 0.490 e. The molecule has 2 aliphatic rings. The van der Waals surface area contributed by atoms with Crippen molar-refractivity contribution >= 4 is 5.97 Å². The van der Waals surface area contributed by atoms with E-state index in [9.17, 15) is 13.2 Å². The van der Waals surface area contributed by atoms with Gasteiger partial charge >= 0.3 is 12.1 Å². The molecule has 1 aliphatic carbocycles. The third-order valence-corrected chi connectivity index (χ3v) is 4.90. The number of alkyl halides is 3. The molecule has 1 aromatic rings. The minimum absolute atomic E-state index is 0.191. The van der Waals surface area contributed by atoms with Crippen molar-refractivity contribution in [2.24, 2.45) is 0 Å². The van der Waals surface area contributed by atoms with Crippen molar-refractivity contribution in [2.75, 3.05) is 19.8 Å². The SMILES string of the molecule is C=CCO[C@@H]1CC[C@H]2[C@H]1OCCN2Cc1cc(C)c(C)o1.O=C(O)C(F)(F)F. The summed E-state index contributed by atoms with van der Waals surface area (Å²) >= 11 is 0. The predicted octanol–water partition coefficient (Wildman–Crippen LogP) is 3.46. The highest BCUT2D eigenvalue weighted by Gasteiger charge is 2.43. The molecule has 1 aliphatic heterocycles. The molecule has 158 valence electrons. The molecule has 2 heterocycles. The van der Waals surface area contributed by atoms with Gasteiger partial charge in [-0.1, -0.05) is 6.08 Å². The third-order valence-electron chi connectivity index (χ3n) is 4.90. The van der Waals surface area contributed by atoms with Crippen molar-refractivity contribution in [3.05, 3.63) is 35.8 Å². The van der Waals surface area contributed by atoms with Crippen LogP contribution in [0.1, 0.15) is 29.9 Å². The average molecular weight is 405 g/mol. The summed E-state index contributed by atoms with van der Waals surface area (Å²) in [5.41, 5.74) is 1.23. The number of ether oxygens (including phenoxy) is 2. The molecule has 3 atom stereocenters. The zero-order chi connectivity index (χ0) is 20.9. The Morgan fingerprint density at radius 2 is 2.11 bits per heavy atom. The summed E-state index contributed by atoms with van der Waals surface area (Å²) in [5, 5.41) is 7.12. The Morgan fingerprint density at radius 3 is 2.64 bits per heavy atom. The average Bonchev–Trinajstić information content (AvgIpc) is 3.16. The highest BCUT2D eigenvalue weighted by Crippen LogP contribution is 2.33. The molecule has 0 radical (unpaired) electrons. The van der Waals surface area contributed by atoms with Crippen LogP contribution in [0.15, 0.2) is 23.1 Å². The van der Waals surface area contributed by atoms with E-state index in [0.29, 0.717) is 12.6 Å². The van der Waals surface area contributed by atoms with Crippen LogP contribution in [0.25, 0.3) is 0 Å². The van der Waals surface area contributed by atoms with E-state index >= 15 is 0 Å². The molecule has 1 N–H and O–H groups in total. The van der Waals surface area contributed by atoms with Crippen molar-refractivity contribution in [3.63, 3.8) is 0 Å². The van der Waals surface area contributed by atoms with Crippen molar-refractivity contribution in [2.45, 2.75) is 57.7 Å². The molecule has 0 bridgehead atoms. The molecule has 3 rings (SSSR count). The van der Waals surface area contributed by atoms with E-state index in [1.54, 1.807) is 0 Å². The Bertz CT molecular complexity index is 654. The van der Waals surface area contributed by atoms with Crippen LogP contribution in [0.2, 0.25) is 0 Å². The maximum absolute atomic E-state index is 10.6. The highest BCUT2D eigenvalue weighted by atomic mass is 19.4. The van der Waals surface area contributed by atoms with Gasteiger partial charge in [0.25, 0.3) is 0 Å². The van der Waals surface area contributed by atoms with Crippen LogP contribution < -0.4 is 0 Å². The zero-order valence-corrected chi connectivity index (χ0v) is 16.0. The number of halogens is 3. The Kier molecular flexibility index (Phi) is 7.68. The summed E-state index contributed by atoms with van der Waals surface area (Å²) in [7, 11) is 0. The molecule has 0 amide bonds. The van der Waals surface area contributed by atoms with Crippen LogP contribution in [0.5, 0.6) is 0 Å². The molecular weight excluding hydrogens is 379 g/mol. The Balaban J connectivity index is 0.000000345. The lowest BCUT2D eigenvalue weighted by Crippen LogP contribution is -2.51. The van der Waals surface area contributed by atoms with Gasteiger partial charge in [-0.15, -0.1) is 6.58 Å². The number of hydrogen-bond donors (Lipinski definition) is 1. The fourth-order valence-electron chi connectivity index (χ4n) is 3.49. The van der Waals surface area contributed by atoms with E-state index in [2.05, 4.69) is 24.5 Å². The smallest absolute Gasteiger partial charge is 0.475 e. The summed E-state index contributed by atoms with van der Waals surface area (Å²) in [5.74, 6) is -0.679. The van der Waals surface area contributed by atoms with Crippen molar-refractivity contribution in [3.8, 4) is 0 Å². The Hall–Kier alpha value is -1.84. The molecule has 1 aromatic heterocycles. The lowest BCUT2D eigenvalue weighted by atomic mass is 10.1. The van der Waals surface area contributed by atoms with Crippen molar-refractivity contribution < 1.29 is 37.0 Å². The molecular formula is C19H26F3NO5. The lowest BCUT2D eigenvalue weighted by molar-refractivity contribution is -0.192. The zero-order valence-electron chi connectivity index (χ0n) is 16.0. The fraction of sp³-hybridized carbons (Fsp3) is 0.632. The number of carboxylic acid groups (broad SMARTS) is 1. The summed E-state index contributed by atoms with van der Waals surface area (Å²) in [4.78, 5) is 11.4. The fourth-order valence-corrected chi connectivity index (χ4v) is 3.49. The second kappa shape index (κ2) is 9.58. The first kappa shape index (κ1) is 22.4. The highest BCUT2D eigenvalue weighted by molar-refractivity contribution is 5.73. The molecule has 28 heavy (non-hydrogen) atoms. The second-order valence-corrected chi connectivity index (χ2v) is 6.87. The molecule has 6 nitrogen and oxygen atoms in total. The van der Waals surface area contributed by atoms with Gasteiger partial charge < -0.3 is 19.0 Å². The van der Waals surface area contributed by atoms with Gasteiger partial charge in [0.2, 0.25) is 0 Å². The Morgan fingerprint density at radius 1 is 1.43 bits per heavy atom. The van der Waals surface area contributed by atoms with Crippen LogP contribution in [0, 0.1) is 13.8 Å². The first-order chi connectivity index (χ1) is 13.1. The van der Waals surface area contributed by atoms with Gasteiger partial charge in [-0.25, -0.2) is 4.79 Å². The van der Waals surface area contributed by atoms with Gasteiger partial charge in [0.1, 0.15) is 11.5 Å². The number of fused-ring (bicyclic) bond motifs is 1. The third kappa shape index (κ3) is 5.83. The Labute approximate surface area is 161 Å². The van der Waals surface area contributed by atoms with Gasteiger partial charge in [0.15, 0.2) is 0 Å². The van der Waals surface area contributed by atoms with E-state index in [0.717, 1.165) is 44.1 Å². The van der Waals surface area contributed by atoms with E-state index < -0.39 is 12.1 Å². The van der Waals surface area contributed by atoms with Gasteiger partial charge in [0, 0.05) is 12.6 Å². The number of morpholine rings is 1. The standard InChI is InChI=1S/C17H25NO3.C2HF3O2/c1-4-8-19-16-6-5-15-17(16)20-9-7-18(15)11-14-10-12(2)13(3)21-14;3-2(4,5)1(6)7/h4,10,15-17H,1,5-9,11H2,2-3H3;(H,6,7)/t15-,16+,17+;/m0./s1.